The summed E-state index contributed by atoms with van der Waals surface area (Å²) in [5, 5.41) is 4.13. The van der Waals surface area contributed by atoms with Crippen molar-refractivity contribution in [1.29, 1.82) is 0 Å². The van der Waals surface area contributed by atoms with Crippen LogP contribution in [0.1, 0.15) is 83.3 Å². The van der Waals surface area contributed by atoms with Crippen LogP contribution in [0.3, 0.4) is 0 Å². The number of aromatic nitrogens is 2. The van der Waals surface area contributed by atoms with Gasteiger partial charge in [-0.25, -0.2) is 0 Å². The molecule has 0 unspecified atom stereocenters. The van der Waals surface area contributed by atoms with Crippen LogP contribution in [0.25, 0.3) is 0 Å². The summed E-state index contributed by atoms with van der Waals surface area (Å²) in [6.07, 6.45) is 8.56. The molecule has 118 valence electrons. The number of rotatable bonds is 4. The quantitative estimate of drug-likeness (QED) is 0.791. The Balaban J connectivity index is 2.10. The van der Waals surface area contributed by atoms with Gasteiger partial charge in [-0.1, -0.05) is 37.3 Å². The molecule has 0 radical (unpaired) electrons. The average Bonchev–Trinajstić information content (AvgIpc) is 2.88. The van der Waals surface area contributed by atoms with Crippen LogP contribution < -0.4 is 0 Å². The van der Waals surface area contributed by atoms with Crippen molar-refractivity contribution >= 4 is 5.97 Å². The van der Waals surface area contributed by atoms with Crippen molar-refractivity contribution in [3.05, 3.63) is 11.7 Å². The van der Waals surface area contributed by atoms with Crippen molar-refractivity contribution in [2.75, 3.05) is 6.61 Å². The molecular formula is C16H26N2O3. The third-order valence-corrected chi connectivity index (χ3v) is 4.23. The molecule has 5 nitrogen and oxygen atoms in total. The predicted octanol–water partition coefficient (Wildman–Crippen LogP) is 3.74. The molecule has 21 heavy (non-hydrogen) atoms. The van der Waals surface area contributed by atoms with E-state index in [0.29, 0.717) is 18.4 Å². The van der Waals surface area contributed by atoms with Gasteiger partial charge >= 0.3 is 5.97 Å². The Morgan fingerprint density at radius 1 is 1.24 bits per heavy atom. The molecule has 0 amide bonds. The fourth-order valence-electron chi connectivity index (χ4n) is 2.77. The highest BCUT2D eigenvalue weighted by atomic mass is 16.5. The van der Waals surface area contributed by atoms with Crippen molar-refractivity contribution in [3.8, 4) is 0 Å². The number of esters is 1. The monoisotopic (exact) mass is 294 g/mol. The Kier molecular flexibility index (Phi) is 5.37. The van der Waals surface area contributed by atoms with Crippen molar-refractivity contribution in [1.82, 2.24) is 10.1 Å². The van der Waals surface area contributed by atoms with Gasteiger partial charge in [-0.05, 0) is 33.6 Å². The lowest BCUT2D eigenvalue weighted by Gasteiger charge is -2.18. The summed E-state index contributed by atoms with van der Waals surface area (Å²) in [6, 6.07) is 0. The van der Waals surface area contributed by atoms with Gasteiger partial charge in [0.05, 0.1) is 6.61 Å². The zero-order chi connectivity index (χ0) is 15.3. The van der Waals surface area contributed by atoms with Crippen molar-refractivity contribution < 1.29 is 14.1 Å². The van der Waals surface area contributed by atoms with Crippen molar-refractivity contribution in [2.24, 2.45) is 0 Å². The maximum absolute atomic E-state index is 12.0. The van der Waals surface area contributed by atoms with Gasteiger partial charge in [-0.3, -0.25) is 4.79 Å². The van der Waals surface area contributed by atoms with Crippen LogP contribution in [0.2, 0.25) is 0 Å². The molecule has 0 spiro atoms. The fourth-order valence-corrected chi connectivity index (χ4v) is 2.77. The molecule has 5 heteroatoms. The van der Waals surface area contributed by atoms with Crippen LogP contribution in [-0.2, 0) is 14.9 Å². The lowest BCUT2D eigenvalue weighted by Crippen LogP contribution is -2.31. The molecule has 1 aromatic rings. The summed E-state index contributed by atoms with van der Waals surface area (Å²) < 4.78 is 10.4. The first kappa shape index (κ1) is 16.0. The average molecular weight is 294 g/mol. The van der Waals surface area contributed by atoms with Gasteiger partial charge in [-0.2, -0.15) is 4.98 Å². The van der Waals surface area contributed by atoms with E-state index in [1.54, 1.807) is 20.8 Å². The third-order valence-electron chi connectivity index (χ3n) is 4.23. The van der Waals surface area contributed by atoms with Gasteiger partial charge in [-0.15, -0.1) is 0 Å². The maximum atomic E-state index is 12.0. The molecule has 0 aromatic carbocycles. The summed E-state index contributed by atoms with van der Waals surface area (Å²) in [5.41, 5.74) is -0.886. The van der Waals surface area contributed by atoms with E-state index in [4.69, 9.17) is 9.26 Å². The van der Waals surface area contributed by atoms with E-state index in [1.807, 2.05) is 0 Å². The van der Waals surface area contributed by atoms with Crippen LogP contribution in [0.4, 0.5) is 0 Å². The standard InChI is InChI=1S/C16H26N2O3/c1-4-20-15(19)16(2,3)14-17-13(18-21-14)12-10-8-6-5-7-9-11-12/h12H,4-11H2,1-3H3. The summed E-state index contributed by atoms with van der Waals surface area (Å²) >= 11 is 0. The third kappa shape index (κ3) is 3.83. The largest absolute Gasteiger partial charge is 0.465 e. The second kappa shape index (κ2) is 7.05. The van der Waals surface area contributed by atoms with Gasteiger partial charge in [0.1, 0.15) is 5.41 Å². The minimum absolute atomic E-state index is 0.321. The molecular weight excluding hydrogens is 268 g/mol. The summed E-state index contributed by atoms with van der Waals surface area (Å²) in [6.45, 7) is 5.68. The molecule has 2 rings (SSSR count). The first-order chi connectivity index (χ1) is 10.1. The van der Waals surface area contributed by atoms with Crippen LogP contribution in [0, 0.1) is 0 Å². The Labute approximate surface area is 126 Å². The van der Waals surface area contributed by atoms with Gasteiger partial charge < -0.3 is 9.26 Å². The lowest BCUT2D eigenvalue weighted by atomic mass is 9.90. The zero-order valence-corrected chi connectivity index (χ0v) is 13.4. The number of hydrogen-bond acceptors (Lipinski definition) is 5. The van der Waals surface area contributed by atoms with E-state index in [0.717, 1.165) is 18.7 Å². The molecule has 0 saturated heterocycles. The molecule has 0 bridgehead atoms. The van der Waals surface area contributed by atoms with E-state index in [1.165, 1.54) is 32.1 Å². The van der Waals surface area contributed by atoms with E-state index in [-0.39, 0.29) is 5.97 Å². The molecule has 1 aromatic heterocycles. The summed E-state index contributed by atoms with van der Waals surface area (Å²) in [4.78, 5) is 16.5. The Morgan fingerprint density at radius 3 is 2.48 bits per heavy atom. The van der Waals surface area contributed by atoms with Crippen LogP contribution in [-0.4, -0.2) is 22.7 Å². The van der Waals surface area contributed by atoms with Crippen molar-refractivity contribution in [2.45, 2.75) is 77.0 Å². The van der Waals surface area contributed by atoms with E-state index < -0.39 is 5.41 Å². The number of carbonyl (C=O) groups excluding carboxylic acids is 1. The Morgan fingerprint density at radius 2 is 1.86 bits per heavy atom. The van der Waals surface area contributed by atoms with Gasteiger partial charge in [0.25, 0.3) is 0 Å². The van der Waals surface area contributed by atoms with Crippen LogP contribution in [0.15, 0.2) is 4.52 Å². The summed E-state index contributed by atoms with van der Waals surface area (Å²) in [5.74, 6) is 1.15. The van der Waals surface area contributed by atoms with Crippen molar-refractivity contribution in [3.63, 3.8) is 0 Å². The smallest absolute Gasteiger partial charge is 0.321 e. The molecule has 1 fully saturated rings. The number of carbonyl (C=O) groups is 1. The van der Waals surface area contributed by atoms with Gasteiger partial charge in [0.2, 0.25) is 5.89 Å². The minimum Gasteiger partial charge on any atom is -0.465 e. The second-order valence-corrected chi connectivity index (χ2v) is 6.35. The highest BCUT2D eigenvalue weighted by molar-refractivity contribution is 5.80. The lowest BCUT2D eigenvalue weighted by molar-refractivity contribution is -0.149. The molecule has 0 N–H and O–H groups in total. The topological polar surface area (TPSA) is 65.2 Å². The first-order valence-corrected chi connectivity index (χ1v) is 8.07. The Bertz CT molecular complexity index is 460. The molecule has 0 aliphatic heterocycles. The number of ether oxygens (including phenoxy) is 1. The minimum atomic E-state index is -0.886. The second-order valence-electron chi connectivity index (χ2n) is 6.35. The van der Waals surface area contributed by atoms with Crippen LogP contribution >= 0.6 is 0 Å². The van der Waals surface area contributed by atoms with Gasteiger partial charge in [0, 0.05) is 5.92 Å². The Hall–Kier alpha value is -1.39. The van der Waals surface area contributed by atoms with E-state index in [9.17, 15) is 4.79 Å². The SMILES string of the molecule is CCOC(=O)C(C)(C)c1nc(C2CCCCCCC2)no1. The fraction of sp³-hybridized carbons (Fsp3) is 0.812. The maximum Gasteiger partial charge on any atom is 0.321 e. The van der Waals surface area contributed by atoms with Crippen LogP contribution in [0.5, 0.6) is 0 Å². The van der Waals surface area contributed by atoms with E-state index >= 15 is 0 Å². The highest BCUT2D eigenvalue weighted by Crippen LogP contribution is 2.31. The first-order valence-electron chi connectivity index (χ1n) is 8.07. The molecule has 1 saturated carbocycles. The predicted molar refractivity (Wildman–Crippen MR) is 79.0 cm³/mol. The van der Waals surface area contributed by atoms with Gasteiger partial charge in [0.15, 0.2) is 5.82 Å². The summed E-state index contributed by atoms with van der Waals surface area (Å²) in [7, 11) is 0. The van der Waals surface area contributed by atoms with E-state index in [2.05, 4.69) is 10.1 Å². The molecule has 0 atom stereocenters. The molecule has 1 aliphatic rings. The number of nitrogens with zero attached hydrogens (tertiary/aromatic N) is 2. The number of hydrogen-bond donors (Lipinski definition) is 0. The molecule has 1 aliphatic carbocycles. The zero-order valence-electron chi connectivity index (χ0n) is 13.4. The molecule has 1 heterocycles. The normalized spacial score (nSPS) is 18.0. The highest BCUT2D eigenvalue weighted by Gasteiger charge is 2.38.